The first-order valence-electron chi connectivity index (χ1n) is 10.5. The Bertz CT molecular complexity index is 677. The van der Waals surface area contributed by atoms with Crippen LogP contribution in [-0.2, 0) is 11.3 Å². The van der Waals surface area contributed by atoms with E-state index in [2.05, 4.69) is 43.6 Å². The van der Waals surface area contributed by atoms with Gasteiger partial charge in [-0.1, -0.05) is 26.0 Å². The van der Waals surface area contributed by atoms with Gasteiger partial charge in [0.25, 0.3) is 5.91 Å². The molecule has 0 heterocycles. The standard InChI is InChI=1S/C22H36N4O2.HI/c1-6-22(7-2)18(14-19(22)28-9-4)26-21(24-8-3)25-15-16-11-10-12-17(13-16)20(27)23-5;/h10-13,18-19H,6-9,14-15H2,1-5H3,(H,23,27)(H2,24,25,26);1H. The molecule has 29 heavy (non-hydrogen) atoms. The Labute approximate surface area is 192 Å². The van der Waals surface area contributed by atoms with E-state index in [0.29, 0.717) is 24.3 Å². The summed E-state index contributed by atoms with van der Waals surface area (Å²) < 4.78 is 5.98. The number of aliphatic imine (C=N–C) groups is 1. The summed E-state index contributed by atoms with van der Waals surface area (Å²) in [7, 11) is 1.64. The average Bonchev–Trinajstić information content (AvgIpc) is 2.71. The molecule has 0 saturated heterocycles. The molecule has 1 amide bonds. The van der Waals surface area contributed by atoms with Crippen LogP contribution in [0.2, 0.25) is 0 Å². The minimum Gasteiger partial charge on any atom is -0.378 e. The van der Waals surface area contributed by atoms with Gasteiger partial charge in [0.05, 0.1) is 12.6 Å². The molecule has 0 aliphatic heterocycles. The van der Waals surface area contributed by atoms with Crippen molar-refractivity contribution in [2.75, 3.05) is 20.2 Å². The lowest BCUT2D eigenvalue weighted by Gasteiger charge is -2.55. The van der Waals surface area contributed by atoms with Crippen LogP contribution in [0.25, 0.3) is 0 Å². The highest BCUT2D eigenvalue weighted by molar-refractivity contribution is 14.0. The van der Waals surface area contributed by atoms with E-state index >= 15 is 0 Å². The lowest BCUT2D eigenvalue weighted by molar-refractivity contribution is -0.133. The Hall–Kier alpha value is -1.35. The number of guanidine groups is 1. The van der Waals surface area contributed by atoms with Gasteiger partial charge in [-0.25, -0.2) is 4.99 Å². The number of carbonyl (C=O) groups excluding carboxylic acids is 1. The Balaban J connectivity index is 0.00000420. The number of nitrogens with one attached hydrogen (secondary N) is 3. The zero-order valence-corrected chi connectivity index (χ0v) is 20.7. The monoisotopic (exact) mass is 516 g/mol. The van der Waals surface area contributed by atoms with Crippen molar-refractivity contribution < 1.29 is 9.53 Å². The predicted molar refractivity (Wildman–Crippen MR) is 130 cm³/mol. The summed E-state index contributed by atoms with van der Waals surface area (Å²) in [5, 5.41) is 9.65. The Morgan fingerprint density at radius 3 is 2.55 bits per heavy atom. The molecule has 2 unspecified atom stereocenters. The van der Waals surface area contributed by atoms with Crippen molar-refractivity contribution in [1.29, 1.82) is 0 Å². The van der Waals surface area contributed by atoms with E-state index in [1.807, 2.05) is 24.3 Å². The molecule has 0 radical (unpaired) electrons. The number of hydrogen-bond donors (Lipinski definition) is 3. The SMILES string of the molecule is CCNC(=NCc1cccc(C(=O)NC)c1)NC1CC(OCC)C1(CC)CC.I. The number of hydrogen-bond acceptors (Lipinski definition) is 3. The van der Waals surface area contributed by atoms with E-state index in [-0.39, 0.29) is 35.3 Å². The van der Waals surface area contributed by atoms with Gasteiger partial charge in [-0.3, -0.25) is 4.79 Å². The first-order chi connectivity index (χ1) is 13.5. The molecule has 0 spiro atoms. The Kier molecular flexibility index (Phi) is 11.0. The Morgan fingerprint density at radius 1 is 1.24 bits per heavy atom. The van der Waals surface area contributed by atoms with E-state index in [4.69, 9.17) is 9.73 Å². The van der Waals surface area contributed by atoms with Crippen LogP contribution in [0.4, 0.5) is 0 Å². The second-order valence-corrected chi connectivity index (χ2v) is 7.29. The molecule has 7 heteroatoms. The van der Waals surface area contributed by atoms with Crippen LogP contribution in [-0.4, -0.2) is 44.2 Å². The summed E-state index contributed by atoms with van der Waals surface area (Å²) in [6, 6.07) is 7.95. The topological polar surface area (TPSA) is 74.8 Å². The smallest absolute Gasteiger partial charge is 0.251 e. The number of rotatable bonds is 9. The number of nitrogens with zero attached hydrogens (tertiary/aromatic N) is 1. The molecular formula is C22H37IN4O2. The van der Waals surface area contributed by atoms with E-state index in [0.717, 1.165) is 43.9 Å². The van der Waals surface area contributed by atoms with Crippen LogP contribution in [0.15, 0.2) is 29.3 Å². The molecule has 1 saturated carbocycles. The maximum atomic E-state index is 11.8. The first-order valence-corrected chi connectivity index (χ1v) is 10.5. The molecule has 1 aromatic carbocycles. The molecule has 1 fully saturated rings. The van der Waals surface area contributed by atoms with E-state index in [1.54, 1.807) is 7.05 Å². The third kappa shape index (κ3) is 6.07. The summed E-state index contributed by atoms with van der Waals surface area (Å²) in [6.07, 6.45) is 3.49. The van der Waals surface area contributed by atoms with Gasteiger partial charge in [0.2, 0.25) is 0 Å². The van der Waals surface area contributed by atoms with Crippen LogP contribution in [0.3, 0.4) is 0 Å². The van der Waals surface area contributed by atoms with Gasteiger partial charge in [0.15, 0.2) is 5.96 Å². The zero-order valence-electron chi connectivity index (χ0n) is 18.4. The summed E-state index contributed by atoms with van der Waals surface area (Å²) in [6.45, 7) is 10.7. The van der Waals surface area contributed by atoms with Crippen molar-refractivity contribution in [3.63, 3.8) is 0 Å². The van der Waals surface area contributed by atoms with Crippen LogP contribution >= 0.6 is 24.0 Å². The number of ether oxygens (including phenoxy) is 1. The summed E-state index contributed by atoms with van der Waals surface area (Å²) in [5.74, 6) is 0.738. The van der Waals surface area contributed by atoms with Crippen LogP contribution in [0, 0.1) is 5.41 Å². The van der Waals surface area contributed by atoms with Crippen molar-refractivity contribution in [2.45, 2.75) is 65.6 Å². The average molecular weight is 516 g/mol. The normalized spacial score (nSPS) is 20.2. The van der Waals surface area contributed by atoms with Crippen molar-refractivity contribution >= 4 is 35.8 Å². The van der Waals surface area contributed by atoms with Gasteiger partial charge in [-0.15, -0.1) is 24.0 Å². The minimum atomic E-state index is -0.0806. The summed E-state index contributed by atoms with van der Waals surface area (Å²) >= 11 is 0. The summed E-state index contributed by atoms with van der Waals surface area (Å²) in [4.78, 5) is 16.6. The molecule has 0 aromatic heterocycles. The molecule has 164 valence electrons. The highest BCUT2D eigenvalue weighted by atomic mass is 127. The zero-order chi connectivity index (χ0) is 20.6. The van der Waals surface area contributed by atoms with Gasteiger partial charge < -0.3 is 20.7 Å². The molecule has 0 bridgehead atoms. The molecule has 3 N–H and O–H groups in total. The molecule has 6 nitrogen and oxygen atoms in total. The largest absolute Gasteiger partial charge is 0.378 e. The fourth-order valence-corrected chi connectivity index (χ4v) is 4.19. The van der Waals surface area contributed by atoms with Crippen molar-refractivity contribution in [1.82, 2.24) is 16.0 Å². The fraction of sp³-hybridized carbons (Fsp3) is 0.636. The lowest BCUT2D eigenvalue weighted by Crippen LogP contribution is -2.65. The van der Waals surface area contributed by atoms with E-state index in [1.165, 1.54) is 0 Å². The molecule has 1 aliphatic carbocycles. The number of halogens is 1. The molecule has 1 aliphatic rings. The molecular weight excluding hydrogens is 479 g/mol. The second-order valence-electron chi connectivity index (χ2n) is 7.29. The molecule has 2 rings (SSSR count). The molecule has 1 aromatic rings. The number of carbonyl (C=O) groups is 1. The van der Waals surface area contributed by atoms with Crippen molar-refractivity contribution in [3.8, 4) is 0 Å². The maximum absolute atomic E-state index is 11.8. The quantitative estimate of drug-likeness (QED) is 0.266. The van der Waals surface area contributed by atoms with Crippen LogP contribution in [0.1, 0.15) is 62.9 Å². The van der Waals surface area contributed by atoms with Crippen LogP contribution in [0.5, 0.6) is 0 Å². The molecule has 2 atom stereocenters. The van der Waals surface area contributed by atoms with Gasteiger partial charge in [0, 0.05) is 37.2 Å². The van der Waals surface area contributed by atoms with Crippen molar-refractivity contribution in [2.24, 2.45) is 10.4 Å². The highest BCUT2D eigenvalue weighted by Crippen LogP contribution is 2.48. The highest BCUT2D eigenvalue weighted by Gasteiger charge is 2.53. The first kappa shape index (κ1) is 25.7. The van der Waals surface area contributed by atoms with Gasteiger partial charge >= 0.3 is 0 Å². The lowest BCUT2D eigenvalue weighted by atomic mass is 9.58. The van der Waals surface area contributed by atoms with Gasteiger partial charge in [-0.2, -0.15) is 0 Å². The third-order valence-electron chi connectivity index (χ3n) is 5.96. The third-order valence-corrected chi connectivity index (χ3v) is 5.96. The fourth-order valence-electron chi connectivity index (χ4n) is 4.19. The predicted octanol–water partition coefficient (Wildman–Crippen LogP) is 3.70. The van der Waals surface area contributed by atoms with Gasteiger partial charge in [-0.05, 0) is 50.8 Å². The van der Waals surface area contributed by atoms with Crippen molar-refractivity contribution in [3.05, 3.63) is 35.4 Å². The summed E-state index contributed by atoms with van der Waals surface area (Å²) in [5.41, 5.74) is 1.82. The second kappa shape index (κ2) is 12.4. The van der Waals surface area contributed by atoms with Crippen LogP contribution < -0.4 is 16.0 Å². The minimum absolute atomic E-state index is 0. The maximum Gasteiger partial charge on any atom is 0.251 e. The van der Waals surface area contributed by atoms with E-state index < -0.39 is 0 Å². The van der Waals surface area contributed by atoms with E-state index in [9.17, 15) is 4.79 Å². The number of benzene rings is 1. The Morgan fingerprint density at radius 2 is 1.97 bits per heavy atom. The van der Waals surface area contributed by atoms with Gasteiger partial charge in [0.1, 0.15) is 0 Å². The number of amides is 1.